The van der Waals surface area contributed by atoms with Crippen LogP contribution in [-0.4, -0.2) is 60.0 Å². The minimum Gasteiger partial charge on any atom is -0.456 e. The Hall–Kier alpha value is -5.81. The van der Waals surface area contributed by atoms with E-state index in [0.29, 0.717) is 50.3 Å². The Labute approximate surface area is 352 Å². The summed E-state index contributed by atoms with van der Waals surface area (Å²) in [5.41, 5.74) is 10.7. The highest BCUT2D eigenvalue weighted by Gasteiger charge is 2.55. The molecule has 0 N–H and O–H groups in total. The lowest BCUT2D eigenvalue weighted by molar-refractivity contribution is 0.269. The highest BCUT2D eigenvalue weighted by atomic mass is 32.1. The zero-order valence-corrected chi connectivity index (χ0v) is 35.8. The summed E-state index contributed by atoms with van der Waals surface area (Å²) in [6.45, 7) is 19.5. The van der Waals surface area contributed by atoms with Gasteiger partial charge < -0.3 is 19.0 Å². The van der Waals surface area contributed by atoms with Gasteiger partial charge in [-0.05, 0) is 95.9 Å². The number of hydrazone groups is 1. The van der Waals surface area contributed by atoms with E-state index in [1.807, 2.05) is 80.4 Å². The number of rotatable bonds is 11. The number of nitrogens with zero attached hydrogens (tertiary/aromatic N) is 6. The van der Waals surface area contributed by atoms with Gasteiger partial charge in [0, 0.05) is 94.6 Å². The highest BCUT2D eigenvalue weighted by molar-refractivity contribution is 7.80. The SMILES string of the molecule is CCN(CC)c1ccc2c(c1)Oc1cc(N(CC)CC)ccc1C21c2ccccc2C(=S)N1/N=C/c1c(C)c(/C(=C2\N=C(C)C=C2C)c2ccccc2)n(B(F)F)c1C. The smallest absolute Gasteiger partial charge is 0.456 e. The summed E-state index contributed by atoms with van der Waals surface area (Å²) in [7, 11) is -2.82. The van der Waals surface area contributed by atoms with E-state index in [9.17, 15) is 0 Å². The molecule has 59 heavy (non-hydrogen) atoms. The molecule has 0 saturated carbocycles. The number of aromatic nitrogens is 1. The van der Waals surface area contributed by atoms with Gasteiger partial charge in [0.2, 0.25) is 0 Å². The fourth-order valence-corrected chi connectivity index (χ4v) is 9.66. The average Bonchev–Trinajstić information content (AvgIpc) is 3.79. The third-order valence-corrected chi connectivity index (χ3v) is 12.5. The van der Waals surface area contributed by atoms with Crippen molar-refractivity contribution in [3.05, 3.63) is 159 Å². The van der Waals surface area contributed by atoms with Crippen molar-refractivity contribution < 1.29 is 13.4 Å². The van der Waals surface area contributed by atoms with Crippen LogP contribution in [-0.2, 0) is 5.54 Å². The molecule has 0 saturated heterocycles. The van der Waals surface area contributed by atoms with Crippen LogP contribution in [0.2, 0.25) is 0 Å². The summed E-state index contributed by atoms with van der Waals surface area (Å²) in [5.74, 6) is 1.43. The lowest BCUT2D eigenvalue weighted by Gasteiger charge is -2.43. The largest absolute Gasteiger partial charge is 0.677 e. The molecular weight excluding hydrogens is 757 g/mol. The number of fused-ring (bicyclic) bond motifs is 6. The minimum absolute atomic E-state index is 0.391. The molecule has 1 aromatic heterocycles. The first kappa shape index (κ1) is 40.0. The Bertz CT molecular complexity index is 2540. The van der Waals surface area contributed by atoms with E-state index in [4.69, 9.17) is 27.0 Å². The summed E-state index contributed by atoms with van der Waals surface area (Å²) in [4.78, 5) is 10.00. The van der Waals surface area contributed by atoms with Crippen molar-refractivity contribution in [1.29, 1.82) is 0 Å². The van der Waals surface area contributed by atoms with E-state index in [-0.39, 0.29) is 0 Å². The van der Waals surface area contributed by atoms with Crippen molar-refractivity contribution in [3.63, 3.8) is 0 Å². The molecule has 0 bridgehead atoms. The first-order chi connectivity index (χ1) is 28.5. The lowest BCUT2D eigenvalue weighted by atomic mass is 9.75. The molecule has 4 heterocycles. The highest BCUT2D eigenvalue weighted by Crippen LogP contribution is 2.58. The van der Waals surface area contributed by atoms with Crippen molar-refractivity contribution in [3.8, 4) is 11.5 Å². The summed E-state index contributed by atoms with van der Waals surface area (Å²) >= 11 is 6.37. The predicted octanol–water partition coefficient (Wildman–Crippen LogP) is 11.2. The van der Waals surface area contributed by atoms with Gasteiger partial charge in [0.05, 0.1) is 11.9 Å². The van der Waals surface area contributed by atoms with E-state index in [2.05, 4.69) is 80.0 Å². The molecule has 8 rings (SSSR count). The van der Waals surface area contributed by atoms with Crippen LogP contribution in [0.15, 0.2) is 118 Å². The van der Waals surface area contributed by atoms with Crippen LogP contribution < -0.4 is 14.5 Å². The van der Waals surface area contributed by atoms with Crippen molar-refractivity contribution >= 4 is 53.5 Å². The van der Waals surface area contributed by atoms with Gasteiger partial charge in [0.25, 0.3) is 0 Å². The molecule has 0 atom stereocenters. The normalized spacial score (nSPS) is 15.8. The Kier molecular flexibility index (Phi) is 10.7. The van der Waals surface area contributed by atoms with E-state index in [1.54, 1.807) is 13.1 Å². The topological polar surface area (TPSA) is 48.6 Å². The third-order valence-electron chi connectivity index (χ3n) is 12.1. The number of allylic oxidation sites excluding steroid dienone is 2. The molecule has 300 valence electrons. The molecule has 5 aromatic rings. The molecule has 7 nitrogen and oxygen atoms in total. The summed E-state index contributed by atoms with van der Waals surface area (Å²) in [6, 6.07) is 30.6. The van der Waals surface area contributed by atoms with Crippen molar-refractivity contribution in [2.45, 2.75) is 60.9 Å². The van der Waals surface area contributed by atoms with Crippen LogP contribution >= 0.6 is 12.2 Å². The van der Waals surface area contributed by atoms with Gasteiger partial charge in [-0.25, -0.2) is 5.01 Å². The summed E-state index contributed by atoms with van der Waals surface area (Å²) < 4.78 is 39.0. The van der Waals surface area contributed by atoms with Crippen molar-refractivity contribution in [1.82, 2.24) is 9.49 Å². The van der Waals surface area contributed by atoms with E-state index < -0.39 is 12.9 Å². The number of aliphatic imine (C=N–C) groups is 1. The van der Waals surface area contributed by atoms with Crippen molar-refractivity contribution in [2.75, 3.05) is 36.0 Å². The zero-order valence-electron chi connectivity index (χ0n) is 35.0. The standard InChI is InChI=1S/C48H49BF2N6OS/c1-9-54(10-2)35-22-24-40-42(27-35)58-43-28-36(55(11-3)12-4)23-25-41(43)48(40)39-21-17-16-20-37(39)47(59)57(48)52-29-38-32(7)46(56(33(38)8)49(50)51)44(34-18-14-13-15-19-34)45-30(5)26-31(6)53-45/h13-29H,9-12H2,1-8H3/b45-44-,52-29+. The molecule has 0 fully saturated rings. The number of benzene rings is 4. The van der Waals surface area contributed by atoms with Crippen molar-refractivity contribution in [2.24, 2.45) is 10.1 Å². The quantitative estimate of drug-likeness (QED) is 0.0756. The van der Waals surface area contributed by atoms with Crippen LogP contribution in [0.1, 0.15) is 91.9 Å². The van der Waals surface area contributed by atoms with E-state index in [1.165, 1.54) is 0 Å². The van der Waals surface area contributed by atoms with Crippen LogP contribution in [0.4, 0.5) is 20.0 Å². The second-order valence-electron chi connectivity index (χ2n) is 15.2. The number of halogens is 2. The molecule has 4 aromatic carbocycles. The molecule has 0 amide bonds. The summed E-state index contributed by atoms with van der Waals surface area (Å²) in [6.07, 6.45) is 3.71. The van der Waals surface area contributed by atoms with Gasteiger partial charge in [0.1, 0.15) is 22.0 Å². The van der Waals surface area contributed by atoms with Crippen LogP contribution in [0.5, 0.6) is 11.5 Å². The van der Waals surface area contributed by atoms with Crippen LogP contribution in [0.25, 0.3) is 5.57 Å². The molecule has 3 aliphatic rings. The number of thiocarbonyl (C=S) groups is 1. The third kappa shape index (κ3) is 6.32. The number of hydrogen-bond donors (Lipinski definition) is 0. The Balaban J connectivity index is 1.38. The lowest BCUT2D eigenvalue weighted by Crippen LogP contribution is -2.44. The second kappa shape index (κ2) is 15.8. The monoisotopic (exact) mass is 806 g/mol. The number of hydrogen-bond acceptors (Lipinski definition) is 6. The fourth-order valence-electron chi connectivity index (χ4n) is 9.30. The molecule has 1 spiro atoms. The average molecular weight is 807 g/mol. The van der Waals surface area contributed by atoms with Gasteiger partial charge in [-0.15, -0.1) is 0 Å². The molecule has 0 radical (unpaired) electrons. The second-order valence-corrected chi connectivity index (χ2v) is 15.6. The number of ether oxygens (including phenoxy) is 1. The maximum Gasteiger partial charge on any atom is 0.677 e. The Morgan fingerprint density at radius 2 is 1.37 bits per heavy atom. The zero-order chi connectivity index (χ0) is 41.7. The van der Waals surface area contributed by atoms with E-state index in [0.717, 1.165) is 81.1 Å². The molecule has 3 aliphatic heterocycles. The van der Waals surface area contributed by atoms with Gasteiger partial charge >= 0.3 is 7.40 Å². The van der Waals surface area contributed by atoms with Gasteiger partial charge in [-0.2, -0.15) is 5.10 Å². The maximum atomic E-state index is 15.5. The van der Waals surface area contributed by atoms with Gasteiger partial charge in [-0.3, -0.25) is 13.6 Å². The maximum absolute atomic E-state index is 15.5. The van der Waals surface area contributed by atoms with Crippen LogP contribution in [0, 0.1) is 13.8 Å². The first-order valence-corrected chi connectivity index (χ1v) is 20.9. The number of anilines is 2. The van der Waals surface area contributed by atoms with E-state index >= 15 is 8.63 Å². The molecular formula is C48H49BF2N6OS. The Morgan fingerprint density at radius 3 is 1.92 bits per heavy atom. The summed E-state index contributed by atoms with van der Waals surface area (Å²) in [5, 5.41) is 7.22. The Morgan fingerprint density at radius 1 is 0.797 bits per heavy atom. The van der Waals surface area contributed by atoms with Gasteiger partial charge in [0.15, 0.2) is 0 Å². The van der Waals surface area contributed by atoms with Gasteiger partial charge in [-0.1, -0.05) is 78.9 Å². The molecule has 11 heteroatoms. The van der Waals surface area contributed by atoms with Crippen LogP contribution in [0.3, 0.4) is 0 Å². The first-order valence-electron chi connectivity index (χ1n) is 20.5. The predicted molar refractivity (Wildman–Crippen MR) is 244 cm³/mol. The molecule has 0 aliphatic carbocycles. The minimum atomic E-state index is -2.82. The fraction of sp³-hybridized carbons (Fsp3) is 0.271. The molecule has 0 unspecified atom stereocenters.